The van der Waals surface area contributed by atoms with Crippen LogP contribution in [0.2, 0.25) is 0 Å². The SMILES string of the molecule is Cc1ccc(C2C(=O)c3ccccc3C2OC(=O)c2ccc(C#N)cc2)c(C)c1C. The van der Waals surface area contributed by atoms with Gasteiger partial charge in [-0.1, -0.05) is 36.4 Å². The van der Waals surface area contributed by atoms with Crippen LogP contribution in [-0.2, 0) is 4.74 Å². The van der Waals surface area contributed by atoms with Crippen molar-refractivity contribution in [2.75, 3.05) is 0 Å². The Labute approximate surface area is 175 Å². The molecule has 0 saturated carbocycles. The smallest absolute Gasteiger partial charge is 0.338 e. The molecule has 30 heavy (non-hydrogen) atoms. The van der Waals surface area contributed by atoms with E-state index in [4.69, 9.17) is 10.00 Å². The third-order valence-electron chi connectivity index (χ3n) is 6.04. The van der Waals surface area contributed by atoms with E-state index in [0.29, 0.717) is 16.7 Å². The van der Waals surface area contributed by atoms with E-state index in [1.165, 1.54) is 0 Å². The van der Waals surface area contributed by atoms with E-state index in [9.17, 15) is 9.59 Å². The molecule has 2 unspecified atom stereocenters. The molecule has 3 aromatic rings. The first-order chi connectivity index (χ1) is 14.4. The van der Waals surface area contributed by atoms with Gasteiger partial charge in [-0.05, 0) is 67.3 Å². The van der Waals surface area contributed by atoms with Crippen LogP contribution in [0.5, 0.6) is 0 Å². The molecule has 1 aliphatic rings. The molecule has 4 rings (SSSR count). The molecule has 148 valence electrons. The summed E-state index contributed by atoms with van der Waals surface area (Å²) in [6.45, 7) is 6.09. The lowest BCUT2D eigenvalue weighted by molar-refractivity contribution is 0.0258. The molecule has 0 spiro atoms. The molecular formula is C26H21NO3. The van der Waals surface area contributed by atoms with Gasteiger partial charge in [0.25, 0.3) is 0 Å². The van der Waals surface area contributed by atoms with Gasteiger partial charge in [-0.2, -0.15) is 5.26 Å². The van der Waals surface area contributed by atoms with Crippen LogP contribution in [0.15, 0.2) is 60.7 Å². The molecule has 3 aromatic carbocycles. The van der Waals surface area contributed by atoms with Gasteiger partial charge in [0.2, 0.25) is 0 Å². The topological polar surface area (TPSA) is 67.2 Å². The second kappa shape index (κ2) is 7.61. The minimum absolute atomic E-state index is 0.0328. The van der Waals surface area contributed by atoms with Crippen LogP contribution in [0.25, 0.3) is 0 Å². The number of nitriles is 1. The standard InChI is InChI=1S/C26H21NO3/c1-15-8-13-20(17(3)16(15)2)23-24(28)21-6-4-5-7-22(21)25(23)30-26(29)19-11-9-18(14-27)10-12-19/h4-13,23,25H,1-3H3. The van der Waals surface area contributed by atoms with Gasteiger partial charge >= 0.3 is 5.97 Å². The van der Waals surface area contributed by atoms with Crippen LogP contribution < -0.4 is 0 Å². The number of hydrogen-bond acceptors (Lipinski definition) is 4. The van der Waals surface area contributed by atoms with Crippen molar-refractivity contribution in [3.05, 3.63) is 105 Å². The van der Waals surface area contributed by atoms with Crippen molar-refractivity contribution in [1.82, 2.24) is 0 Å². The average molecular weight is 395 g/mol. The Kier molecular flexibility index (Phi) is 4.97. The maximum Gasteiger partial charge on any atom is 0.338 e. The van der Waals surface area contributed by atoms with Gasteiger partial charge in [-0.15, -0.1) is 0 Å². The summed E-state index contributed by atoms with van der Waals surface area (Å²) >= 11 is 0. The first-order valence-electron chi connectivity index (χ1n) is 9.83. The number of carbonyl (C=O) groups excluding carboxylic acids is 2. The van der Waals surface area contributed by atoms with Crippen molar-refractivity contribution >= 4 is 11.8 Å². The lowest BCUT2D eigenvalue weighted by atomic mass is 9.86. The highest BCUT2D eigenvalue weighted by Gasteiger charge is 2.43. The van der Waals surface area contributed by atoms with Gasteiger partial charge < -0.3 is 4.74 Å². The van der Waals surface area contributed by atoms with Gasteiger partial charge in [-0.25, -0.2) is 4.79 Å². The summed E-state index contributed by atoms with van der Waals surface area (Å²) in [6.07, 6.45) is -0.697. The number of nitrogens with zero attached hydrogens (tertiary/aromatic N) is 1. The lowest BCUT2D eigenvalue weighted by Gasteiger charge is -2.23. The first-order valence-corrected chi connectivity index (χ1v) is 9.83. The molecule has 0 heterocycles. The van der Waals surface area contributed by atoms with Crippen LogP contribution in [-0.4, -0.2) is 11.8 Å². The Morgan fingerprint density at radius 1 is 0.900 bits per heavy atom. The number of aryl methyl sites for hydroxylation is 1. The number of ether oxygens (including phenoxy) is 1. The zero-order valence-electron chi connectivity index (χ0n) is 17.1. The highest BCUT2D eigenvalue weighted by atomic mass is 16.5. The van der Waals surface area contributed by atoms with E-state index in [-0.39, 0.29) is 5.78 Å². The summed E-state index contributed by atoms with van der Waals surface area (Å²) < 4.78 is 5.92. The molecule has 0 radical (unpaired) electrons. The lowest BCUT2D eigenvalue weighted by Crippen LogP contribution is -2.19. The zero-order valence-corrected chi connectivity index (χ0v) is 17.1. The number of carbonyl (C=O) groups is 2. The fourth-order valence-electron chi connectivity index (χ4n) is 4.07. The largest absolute Gasteiger partial charge is 0.453 e. The highest BCUT2D eigenvalue weighted by Crippen LogP contribution is 2.46. The van der Waals surface area contributed by atoms with Gasteiger partial charge in [0, 0.05) is 11.1 Å². The quantitative estimate of drug-likeness (QED) is 0.560. The Morgan fingerprint density at radius 2 is 1.60 bits per heavy atom. The third-order valence-corrected chi connectivity index (χ3v) is 6.04. The maximum atomic E-state index is 13.3. The van der Waals surface area contributed by atoms with Crippen LogP contribution in [0, 0.1) is 32.1 Å². The van der Waals surface area contributed by atoms with Crippen molar-refractivity contribution in [3.63, 3.8) is 0 Å². The minimum atomic E-state index is -0.697. The molecule has 0 bridgehead atoms. The second-order valence-electron chi connectivity index (χ2n) is 7.67. The average Bonchev–Trinajstić information content (AvgIpc) is 3.04. The van der Waals surface area contributed by atoms with Crippen molar-refractivity contribution in [2.45, 2.75) is 32.8 Å². The minimum Gasteiger partial charge on any atom is -0.453 e. The highest BCUT2D eigenvalue weighted by molar-refractivity contribution is 6.06. The monoisotopic (exact) mass is 395 g/mol. The Morgan fingerprint density at radius 3 is 2.30 bits per heavy atom. The molecule has 0 amide bonds. The van der Waals surface area contributed by atoms with Crippen molar-refractivity contribution in [1.29, 1.82) is 5.26 Å². The number of esters is 1. The second-order valence-corrected chi connectivity index (χ2v) is 7.67. The number of benzene rings is 3. The molecule has 4 nitrogen and oxygen atoms in total. The molecule has 1 aliphatic carbocycles. The Hall–Kier alpha value is -3.71. The van der Waals surface area contributed by atoms with Gasteiger partial charge in [-0.3, -0.25) is 4.79 Å². The van der Waals surface area contributed by atoms with E-state index in [1.807, 2.05) is 57.2 Å². The van der Waals surface area contributed by atoms with Crippen LogP contribution in [0.3, 0.4) is 0 Å². The fourth-order valence-corrected chi connectivity index (χ4v) is 4.07. The number of hydrogen-bond donors (Lipinski definition) is 0. The summed E-state index contributed by atoms with van der Waals surface area (Å²) in [4.78, 5) is 26.2. The predicted molar refractivity (Wildman–Crippen MR) is 113 cm³/mol. The van der Waals surface area contributed by atoms with Crippen molar-refractivity contribution in [3.8, 4) is 6.07 Å². The molecule has 0 aliphatic heterocycles. The molecule has 2 atom stereocenters. The van der Waals surface area contributed by atoms with Gasteiger partial charge in [0.05, 0.1) is 23.1 Å². The fraction of sp³-hybridized carbons (Fsp3) is 0.192. The normalized spacial score (nSPS) is 17.3. The number of Topliss-reactive ketones (excluding diaryl/α,β-unsaturated/α-hetero) is 1. The molecule has 0 fully saturated rings. The number of ketones is 1. The molecule has 4 heteroatoms. The first kappa shape index (κ1) is 19.6. The molecule has 0 aromatic heterocycles. The van der Waals surface area contributed by atoms with E-state index in [2.05, 4.69) is 0 Å². The van der Waals surface area contributed by atoms with Gasteiger partial charge in [0.1, 0.15) is 6.10 Å². The van der Waals surface area contributed by atoms with Crippen LogP contribution in [0.1, 0.15) is 66.1 Å². The summed E-state index contributed by atoms with van der Waals surface area (Å²) in [6, 6.07) is 19.6. The zero-order chi connectivity index (χ0) is 21.4. The molecular weight excluding hydrogens is 374 g/mol. The van der Waals surface area contributed by atoms with Crippen molar-refractivity contribution in [2.24, 2.45) is 0 Å². The van der Waals surface area contributed by atoms with E-state index < -0.39 is 18.0 Å². The van der Waals surface area contributed by atoms with Crippen molar-refractivity contribution < 1.29 is 14.3 Å². The maximum absolute atomic E-state index is 13.3. The van der Waals surface area contributed by atoms with E-state index in [1.54, 1.807) is 30.3 Å². The van der Waals surface area contributed by atoms with Crippen LogP contribution >= 0.6 is 0 Å². The van der Waals surface area contributed by atoms with E-state index in [0.717, 1.165) is 27.8 Å². The number of fused-ring (bicyclic) bond motifs is 1. The summed E-state index contributed by atoms with van der Waals surface area (Å²) in [7, 11) is 0. The third kappa shape index (κ3) is 3.19. The van der Waals surface area contributed by atoms with E-state index >= 15 is 0 Å². The Bertz CT molecular complexity index is 1200. The van der Waals surface area contributed by atoms with Gasteiger partial charge in [0.15, 0.2) is 5.78 Å². The summed E-state index contributed by atoms with van der Waals surface area (Å²) in [5, 5.41) is 8.96. The number of rotatable bonds is 3. The predicted octanol–water partition coefficient (Wildman–Crippen LogP) is 5.36. The molecule has 0 N–H and O–H groups in total. The summed E-state index contributed by atoms with van der Waals surface area (Å²) in [5.41, 5.74) is 6.36. The molecule has 0 saturated heterocycles. The van der Waals surface area contributed by atoms with Crippen LogP contribution in [0.4, 0.5) is 0 Å². The summed E-state index contributed by atoms with van der Waals surface area (Å²) in [5.74, 6) is -1.13. The Balaban J connectivity index is 1.76.